The molecule has 0 bridgehead atoms. The van der Waals surface area contributed by atoms with Gasteiger partial charge in [0.1, 0.15) is 0 Å². The molecular weight excluding hydrogens is 322 g/mol. The molecule has 0 heterocycles. The first-order chi connectivity index (χ1) is 8.84. The quantitative estimate of drug-likeness (QED) is 0.318. The van der Waals surface area contributed by atoms with E-state index in [1.165, 1.54) is 0 Å². The monoisotopic (exact) mass is 350 g/mol. The Hall–Kier alpha value is -0.200. The maximum atomic E-state index is 9.00. The fraction of sp³-hybridized carbons (Fsp3) is 0.600. The van der Waals surface area contributed by atoms with Gasteiger partial charge < -0.3 is 31.9 Å². The summed E-state index contributed by atoms with van der Waals surface area (Å²) in [6.45, 7) is 5.53. The molecule has 2 radical (unpaired) electrons. The largest absolute Gasteiger partial charge is 0.481 e. The Morgan fingerprint density at radius 3 is 0.682 bits per heavy atom. The maximum Gasteiger partial charge on any atom is 0.300 e. The van der Waals surface area contributed by atoms with E-state index < -0.39 is 23.9 Å². The van der Waals surface area contributed by atoms with E-state index in [-0.39, 0.29) is 62.0 Å². The first-order valence-electron chi connectivity index (χ1n) is 5.03. The maximum absolute atomic E-state index is 9.00. The molecule has 0 atom stereocenters. The molecule has 0 aromatic rings. The summed E-state index contributed by atoms with van der Waals surface area (Å²) in [5.74, 6) is -3.33. The van der Waals surface area contributed by atoms with Crippen molar-refractivity contribution >= 4 is 83.0 Å². The summed E-state index contributed by atoms with van der Waals surface area (Å²) in [5, 5.41) is 29.7. The van der Waals surface area contributed by atoms with Crippen molar-refractivity contribution in [2.24, 2.45) is 11.5 Å². The fourth-order valence-corrected chi connectivity index (χ4v) is 0. The number of hydrogen-bond acceptors (Lipinski definition) is 6. The number of carboxylic acids is 4. The van der Waals surface area contributed by atoms with Crippen molar-refractivity contribution in [3.8, 4) is 0 Å². The second-order valence-corrected chi connectivity index (χ2v) is 2.65. The zero-order valence-corrected chi connectivity index (χ0v) is 18.0. The van der Waals surface area contributed by atoms with Crippen molar-refractivity contribution in [2.75, 3.05) is 13.1 Å². The van der Waals surface area contributed by atoms with E-state index in [4.69, 9.17) is 51.1 Å². The van der Waals surface area contributed by atoms with Crippen molar-refractivity contribution in [1.82, 2.24) is 0 Å². The Bertz CT molecular complexity index is 209. The summed E-state index contributed by atoms with van der Waals surface area (Å²) in [5.41, 5.74) is 9.81. The average molecular weight is 350 g/mol. The second kappa shape index (κ2) is 42.8. The van der Waals surface area contributed by atoms with Gasteiger partial charge in [0, 0.05) is 103 Å². The van der Waals surface area contributed by atoms with Crippen molar-refractivity contribution in [2.45, 2.75) is 27.7 Å². The Morgan fingerprint density at radius 2 is 0.682 bits per heavy atom. The van der Waals surface area contributed by atoms with Gasteiger partial charge >= 0.3 is 0 Å². The Morgan fingerprint density at radius 1 is 0.636 bits per heavy atom. The Labute approximate surface area is 176 Å². The molecule has 0 rings (SSSR count). The molecule has 0 aliphatic heterocycles. The summed E-state index contributed by atoms with van der Waals surface area (Å²) >= 11 is 0. The minimum absolute atomic E-state index is 0. The van der Waals surface area contributed by atoms with E-state index in [0.717, 1.165) is 27.7 Å². The first kappa shape index (κ1) is 43.1. The number of rotatable bonds is 1. The standard InChI is InChI=1S/C2H8N2.4C2H4O2.2Na.2H2/c3-1-2-4;4*1-2(3)4;;;;/h1-4H2;4*1H3,(H,3,4);;;2*1H. The van der Waals surface area contributed by atoms with Crippen molar-refractivity contribution < 1.29 is 42.5 Å². The van der Waals surface area contributed by atoms with Crippen LogP contribution >= 0.6 is 0 Å². The Balaban J connectivity index is -0.0000000161. The summed E-state index contributed by atoms with van der Waals surface area (Å²) in [6, 6.07) is 0. The predicted molar refractivity (Wildman–Crippen MR) is 87.1 cm³/mol. The molecule has 0 aliphatic carbocycles. The normalized spacial score (nSPS) is 5.91. The third-order valence-corrected chi connectivity index (χ3v) is 0.167. The van der Waals surface area contributed by atoms with Crippen LogP contribution in [0.2, 0.25) is 0 Å². The van der Waals surface area contributed by atoms with Crippen LogP contribution in [-0.4, -0.2) is 117 Å². The fourth-order valence-electron chi connectivity index (χ4n) is 0. The Kier molecular flexibility index (Phi) is 83.8. The number of carbonyl (C=O) groups is 4. The van der Waals surface area contributed by atoms with Crippen LogP contribution < -0.4 is 11.5 Å². The summed E-state index contributed by atoms with van der Waals surface area (Å²) < 4.78 is 0. The molecule has 12 heteroatoms. The van der Waals surface area contributed by atoms with Gasteiger partial charge in [-0.1, -0.05) is 0 Å². The molecular formula is C10H28N2Na2O8. The zero-order chi connectivity index (χ0) is 17.7. The number of hydrogen-bond donors (Lipinski definition) is 6. The predicted octanol–water partition coefficient (Wildman–Crippen LogP) is -1.00. The average Bonchev–Trinajstić information content (AvgIpc) is 2.13. The van der Waals surface area contributed by atoms with Crippen molar-refractivity contribution in [1.29, 1.82) is 0 Å². The van der Waals surface area contributed by atoms with Crippen LogP contribution in [0.4, 0.5) is 0 Å². The molecule has 0 aromatic heterocycles. The molecule has 0 fully saturated rings. The van der Waals surface area contributed by atoms with Crippen LogP contribution in [0.3, 0.4) is 0 Å². The molecule has 0 spiro atoms. The van der Waals surface area contributed by atoms with Crippen molar-refractivity contribution in [3.05, 3.63) is 0 Å². The molecule has 0 amide bonds. The van der Waals surface area contributed by atoms with E-state index in [9.17, 15) is 0 Å². The summed E-state index contributed by atoms with van der Waals surface area (Å²) in [7, 11) is 0. The first-order valence-corrected chi connectivity index (χ1v) is 5.03. The van der Waals surface area contributed by atoms with Crippen LogP contribution in [0.1, 0.15) is 30.5 Å². The topological polar surface area (TPSA) is 201 Å². The van der Waals surface area contributed by atoms with E-state index in [0.29, 0.717) is 13.1 Å². The third-order valence-electron chi connectivity index (χ3n) is 0.167. The van der Waals surface area contributed by atoms with Crippen molar-refractivity contribution in [3.63, 3.8) is 0 Å². The second-order valence-electron chi connectivity index (χ2n) is 2.65. The van der Waals surface area contributed by atoms with Gasteiger partial charge in [0.25, 0.3) is 23.9 Å². The number of aliphatic carboxylic acids is 4. The molecule has 8 N–H and O–H groups in total. The van der Waals surface area contributed by atoms with Gasteiger partial charge in [0.2, 0.25) is 0 Å². The van der Waals surface area contributed by atoms with Gasteiger partial charge in [-0.25, -0.2) is 0 Å². The van der Waals surface area contributed by atoms with Crippen LogP contribution in [0.25, 0.3) is 0 Å². The number of nitrogens with two attached hydrogens (primary N) is 2. The van der Waals surface area contributed by atoms with Gasteiger partial charge in [-0.2, -0.15) is 0 Å². The molecule has 0 saturated carbocycles. The van der Waals surface area contributed by atoms with Crippen LogP contribution in [-0.2, 0) is 19.2 Å². The number of carboxylic acid groups (broad SMARTS) is 4. The van der Waals surface area contributed by atoms with E-state index in [2.05, 4.69) is 0 Å². The van der Waals surface area contributed by atoms with E-state index >= 15 is 0 Å². The SMILES string of the molecule is CC(=O)O.CC(=O)O.CC(=O)O.CC(=O)O.NCCN.[HH].[HH].[Na].[Na]. The van der Waals surface area contributed by atoms with Gasteiger partial charge in [-0.3, -0.25) is 19.2 Å². The van der Waals surface area contributed by atoms with Gasteiger partial charge in [0.05, 0.1) is 0 Å². The molecule has 128 valence electrons. The van der Waals surface area contributed by atoms with Crippen LogP contribution in [0.5, 0.6) is 0 Å². The van der Waals surface area contributed by atoms with Crippen LogP contribution in [0.15, 0.2) is 0 Å². The van der Waals surface area contributed by atoms with E-state index in [1.54, 1.807) is 0 Å². The van der Waals surface area contributed by atoms with Gasteiger partial charge in [0.15, 0.2) is 0 Å². The molecule has 10 nitrogen and oxygen atoms in total. The molecule has 0 unspecified atom stereocenters. The molecule has 0 saturated heterocycles. The third kappa shape index (κ3) is 10900. The smallest absolute Gasteiger partial charge is 0.300 e. The minimum atomic E-state index is -0.833. The molecule has 22 heavy (non-hydrogen) atoms. The summed E-state index contributed by atoms with van der Waals surface area (Å²) in [6.07, 6.45) is 0. The van der Waals surface area contributed by atoms with Crippen LogP contribution in [0, 0.1) is 0 Å². The minimum Gasteiger partial charge on any atom is -0.481 e. The van der Waals surface area contributed by atoms with Gasteiger partial charge in [-0.05, 0) is 0 Å². The molecule has 0 aromatic carbocycles. The van der Waals surface area contributed by atoms with E-state index in [1.807, 2.05) is 0 Å². The zero-order valence-electron chi connectivity index (χ0n) is 14.0. The molecule has 0 aliphatic rings. The van der Waals surface area contributed by atoms with Gasteiger partial charge in [-0.15, -0.1) is 0 Å². The summed E-state index contributed by atoms with van der Waals surface area (Å²) in [4.78, 5) is 36.0.